The number of hydrogen-bond donors (Lipinski definition) is 0. The maximum Gasteiger partial charge on any atom is 0.315 e. The van der Waals surface area contributed by atoms with Crippen LogP contribution in [-0.4, -0.2) is 19.7 Å². The lowest BCUT2D eigenvalue weighted by Gasteiger charge is -2.25. The van der Waals surface area contributed by atoms with E-state index >= 15 is 0 Å². The maximum atomic E-state index is 12.3. The van der Waals surface area contributed by atoms with Gasteiger partial charge in [-0.25, -0.2) is 0 Å². The molecule has 2 aromatic rings. The zero-order valence-electron chi connectivity index (χ0n) is 15.4. The Morgan fingerprint density at radius 1 is 1.12 bits per heavy atom. The van der Waals surface area contributed by atoms with Gasteiger partial charge in [0.25, 0.3) is 0 Å². The first kappa shape index (κ1) is 18.1. The number of carbonyl (C=O) groups is 1. The zero-order chi connectivity index (χ0) is 17.9. The van der Waals surface area contributed by atoms with Crippen LogP contribution >= 0.6 is 0 Å². The van der Waals surface area contributed by atoms with Crippen LogP contribution in [0, 0.1) is 13.8 Å². The summed E-state index contributed by atoms with van der Waals surface area (Å²) in [5, 5.41) is 0. The van der Waals surface area contributed by atoms with Crippen molar-refractivity contribution in [2.45, 2.75) is 40.0 Å². The highest BCUT2D eigenvalue weighted by Crippen LogP contribution is 2.38. The average Bonchev–Trinajstić information content (AvgIpc) is 2.54. The molecule has 0 aliphatic rings. The molecule has 0 bridgehead atoms. The summed E-state index contributed by atoms with van der Waals surface area (Å²) in [6.45, 7) is 10.1. The van der Waals surface area contributed by atoms with Crippen LogP contribution in [0.25, 0.3) is 11.1 Å². The van der Waals surface area contributed by atoms with Crippen LogP contribution in [0.4, 0.5) is 0 Å². The summed E-state index contributed by atoms with van der Waals surface area (Å²) >= 11 is 0. The monoisotopic (exact) mass is 326 g/mol. The van der Waals surface area contributed by atoms with E-state index in [-0.39, 0.29) is 5.97 Å². The van der Waals surface area contributed by atoms with Crippen molar-refractivity contribution in [2.24, 2.45) is 0 Å². The van der Waals surface area contributed by atoms with Crippen molar-refractivity contribution in [3.8, 4) is 16.9 Å². The Morgan fingerprint density at radius 3 is 2.42 bits per heavy atom. The van der Waals surface area contributed by atoms with E-state index in [1.165, 1.54) is 5.56 Å². The van der Waals surface area contributed by atoms with Crippen molar-refractivity contribution in [3.05, 3.63) is 53.1 Å². The molecule has 0 saturated heterocycles. The first-order valence-electron chi connectivity index (χ1n) is 8.24. The normalized spacial score (nSPS) is 11.2. The lowest BCUT2D eigenvalue weighted by atomic mass is 9.82. The van der Waals surface area contributed by atoms with Gasteiger partial charge in [0.05, 0.1) is 19.1 Å². The molecule has 3 nitrogen and oxygen atoms in total. The molecule has 0 fully saturated rings. The third-order valence-electron chi connectivity index (χ3n) is 4.33. The summed E-state index contributed by atoms with van der Waals surface area (Å²) in [7, 11) is 1.66. The van der Waals surface area contributed by atoms with Crippen molar-refractivity contribution < 1.29 is 14.3 Å². The molecule has 128 valence electrons. The molecule has 3 heteroatoms. The topological polar surface area (TPSA) is 35.5 Å². The maximum absolute atomic E-state index is 12.3. The fourth-order valence-corrected chi connectivity index (χ4v) is 2.88. The van der Waals surface area contributed by atoms with Gasteiger partial charge in [-0.15, -0.1) is 0 Å². The van der Waals surface area contributed by atoms with Gasteiger partial charge in [0.2, 0.25) is 0 Å². The summed E-state index contributed by atoms with van der Waals surface area (Å²) in [4.78, 5) is 12.3. The van der Waals surface area contributed by atoms with Crippen LogP contribution in [0.5, 0.6) is 5.75 Å². The van der Waals surface area contributed by atoms with E-state index in [1.807, 2.05) is 39.8 Å². The number of rotatable bonds is 5. The Labute approximate surface area is 144 Å². The van der Waals surface area contributed by atoms with E-state index in [0.717, 1.165) is 28.0 Å². The SMILES string of the molecule is CCOC(=O)C(C)(C)c1cc(C)c(-c2cccc(C)c2)c(OC)c1. The molecule has 2 rings (SSSR count). The highest BCUT2D eigenvalue weighted by atomic mass is 16.5. The lowest BCUT2D eigenvalue weighted by molar-refractivity contribution is -0.148. The Hall–Kier alpha value is -2.29. The van der Waals surface area contributed by atoms with Crippen molar-refractivity contribution in [1.82, 2.24) is 0 Å². The van der Waals surface area contributed by atoms with Gasteiger partial charge >= 0.3 is 5.97 Å². The predicted molar refractivity (Wildman–Crippen MR) is 97.6 cm³/mol. The second kappa shape index (κ2) is 7.08. The van der Waals surface area contributed by atoms with Gasteiger partial charge in [0, 0.05) is 5.56 Å². The summed E-state index contributed by atoms with van der Waals surface area (Å²) < 4.78 is 10.9. The van der Waals surface area contributed by atoms with E-state index in [0.29, 0.717) is 6.61 Å². The Kier molecular flexibility index (Phi) is 5.33. The van der Waals surface area contributed by atoms with E-state index in [2.05, 4.69) is 31.2 Å². The number of carbonyl (C=O) groups excluding carboxylic acids is 1. The van der Waals surface area contributed by atoms with Crippen LogP contribution in [0.1, 0.15) is 37.5 Å². The summed E-state index contributed by atoms with van der Waals surface area (Å²) in [5.74, 6) is 0.544. The molecule has 0 N–H and O–H groups in total. The molecule has 0 radical (unpaired) electrons. The van der Waals surface area contributed by atoms with E-state index < -0.39 is 5.41 Å². The quantitative estimate of drug-likeness (QED) is 0.739. The number of methoxy groups -OCH3 is 1. The van der Waals surface area contributed by atoms with Gasteiger partial charge in [-0.2, -0.15) is 0 Å². The second-order valence-electron chi connectivity index (χ2n) is 6.59. The Morgan fingerprint density at radius 2 is 1.83 bits per heavy atom. The third kappa shape index (κ3) is 3.45. The second-order valence-corrected chi connectivity index (χ2v) is 6.59. The number of hydrogen-bond acceptors (Lipinski definition) is 3. The minimum atomic E-state index is -0.723. The molecule has 0 unspecified atom stereocenters. The first-order chi connectivity index (χ1) is 11.3. The first-order valence-corrected chi connectivity index (χ1v) is 8.24. The van der Waals surface area contributed by atoms with Crippen LogP contribution in [0.3, 0.4) is 0 Å². The fraction of sp³-hybridized carbons (Fsp3) is 0.381. The molecule has 0 saturated carbocycles. The molecule has 0 atom stereocenters. The largest absolute Gasteiger partial charge is 0.496 e. The van der Waals surface area contributed by atoms with Gasteiger partial charge in [0.1, 0.15) is 5.75 Å². The number of benzene rings is 2. The van der Waals surface area contributed by atoms with Gasteiger partial charge in [-0.3, -0.25) is 4.79 Å². The van der Waals surface area contributed by atoms with Crippen molar-refractivity contribution in [2.75, 3.05) is 13.7 Å². The van der Waals surface area contributed by atoms with Gasteiger partial charge in [0.15, 0.2) is 0 Å². The van der Waals surface area contributed by atoms with Gasteiger partial charge in [-0.05, 0) is 57.4 Å². The highest BCUT2D eigenvalue weighted by Gasteiger charge is 2.32. The molecule has 0 aliphatic heterocycles. The minimum Gasteiger partial charge on any atom is -0.496 e. The zero-order valence-corrected chi connectivity index (χ0v) is 15.4. The summed E-state index contributed by atoms with van der Waals surface area (Å²) in [6, 6.07) is 12.3. The van der Waals surface area contributed by atoms with Crippen LogP contribution in [0.15, 0.2) is 36.4 Å². The molecule has 24 heavy (non-hydrogen) atoms. The minimum absolute atomic E-state index is 0.227. The summed E-state index contributed by atoms with van der Waals surface area (Å²) in [5.41, 5.74) is 4.62. The number of esters is 1. The molecule has 0 spiro atoms. The van der Waals surface area contributed by atoms with E-state index in [1.54, 1.807) is 7.11 Å². The highest BCUT2D eigenvalue weighted by molar-refractivity contribution is 5.84. The van der Waals surface area contributed by atoms with E-state index in [9.17, 15) is 4.79 Å². The summed E-state index contributed by atoms with van der Waals surface area (Å²) in [6.07, 6.45) is 0. The molecule has 2 aromatic carbocycles. The number of aryl methyl sites for hydroxylation is 2. The standard InChI is InChI=1S/C21H26O3/c1-7-24-20(22)21(4,5)17-12-15(3)19(18(13-17)23-6)16-10-8-9-14(2)11-16/h8-13H,7H2,1-6H3. The predicted octanol–water partition coefficient (Wildman–Crippen LogP) is 4.82. The molecule has 0 aliphatic carbocycles. The van der Waals surface area contributed by atoms with E-state index in [4.69, 9.17) is 9.47 Å². The smallest absolute Gasteiger partial charge is 0.315 e. The fourth-order valence-electron chi connectivity index (χ4n) is 2.88. The number of ether oxygens (including phenoxy) is 2. The molecule has 0 aromatic heterocycles. The molecular weight excluding hydrogens is 300 g/mol. The average molecular weight is 326 g/mol. The molecule has 0 heterocycles. The Bertz CT molecular complexity index is 745. The van der Waals surface area contributed by atoms with Crippen LogP contribution in [0.2, 0.25) is 0 Å². The van der Waals surface area contributed by atoms with Crippen LogP contribution in [-0.2, 0) is 14.9 Å². The molecular formula is C21H26O3. The van der Waals surface area contributed by atoms with Crippen LogP contribution < -0.4 is 4.74 Å². The van der Waals surface area contributed by atoms with Gasteiger partial charge < -0.3 is 9.47 Å². The molecule has 0 amide bonds. The van der Waals surface area contributed by atoms with Crippen molar-refractivity contribution >= 4 is 5.97 Å². The van der Waals surface area contributed by atoms with Crippen molar-refractivity contribution in [3.63, 3.8) is 0 Å². The van der Waals surface area contributed by atoms with Crippen molar-refractivity contribution in [1.29, 1.82) is 0 Å². The lowest BCUT2D eigenvalue weighted by Crippen LogP contribution is -2.31. The Balaban J connectivity index is 2.58. The third-order valence-corrected chi connectivity index (χ3v) is 4.33. The van der Waals surface area contributed by atoms with Gasteiger partial charge in [-0.1, -0.05) is 35.9 Å².